The Bertz CT molecular complexity index is 746. The molecule has 0 aliphatic heterocycles. The smallest absolute Gasteiger partial charge is 0.273 e. The molecule has 0 heterocycles. The molecule has 2 aliphatic carbocycles. The van der Waals surface area contributed by atoms with Gasteiger partial charge >= 0.3 is 0 Å². The van der Waals surface area contributed by atoms with Crippen molar-refractivity contribution in [1.29, 1.82) is 0 Å². The minimum absolute atomic E-state index is 0.0494. The number of nitrogens with one attached hydrogen (secondary N) is 1. The predicted molar refractivity (Wildman–Crippen MR) is 89.0 cm³/mol. The number of fused-ring (bicyclic) bond motifs is 1. The van der Waals surface area contributed by atoms with Crippen molar-refractivity contribution in [2.45, 2.75) is 32.6 Å². The van der Waals surface area contributed by atoms with Crippen LogP contribution in [0, 0.1) is 37.5 Å². The molecule has 9 nitrogen and oxygen atoms in total. The molecule has 1 aromatic rings. The van der Waals surface area contributed by atoms with Gasteiger partial charge in [-0.2, -0.15) is 5.10 Å². The van der Waals surface area contributed by atoms with Crippen LogP contribution >= 0.6 is 0 Å². The first-order valence-electron chi connectivity index (χ1n) is 8.10. The number of hydrogen-bond acceptors (Lipinski definition) is 6. The number of benzene rings is 1. The van der Waals surface area contributed by atoms with E-state index in [0.717, 1.165) is 31.7 Å². The molecule has 2 saturated carbocycles. The molecule has 2 fully saturated rings. The van der Waals surface area contributed by atoms with E-state index in [2.05, 4.69) is 17.5 Å². The van der Waals surface area contributed by atoms with Gasteiger partial charge in [-0.3, -0.25) is 25.0 Å². The zero-order valence-corrected chi connectivity index (χ0v) is 13.7. The number of carbonyl (C=O) groups is 1. The normalized spacial score (nSPS) is 27.6. The second-order valence-corrected chi connectivity index (χ2v) is 6.87. The van der Waals surface area contributed by atoms with Crippen molar-refractivity contribution in [2.75, 3.05) is 0 Å². The van der Waals surface area contributed by atoms with Crippen LogP contribution < -0.4 is 5.43 Å². The molecule has 0 spiro atoms. The lowest BCUT2D eigenvalue weighted by molar-refractivity contribution is -0.394. The highest BCUT2D eigenvalue weighted by atomic mass is 16.6. The molecule has 0 bridgehead atoms. The Balaban J connectivity index is 1.69. The molecule has 132 valence electrons. The summed E-state index contributed by atoms with van der Waals surface area (Å²) in [4.78, 5) is 32.6. The molecule has 0 saturated heterocycles. The van der Waals surface area contributed by atoms with Gasteiger partial charge in [0.2, 0.25) is 5.91 Å². The second kappa shape index (κ2) is 6.23. The van der Waals surface area contributed by atoms with E-state index in [1.807, 2.05) is 0 Å². The van der Waals surface area contributed by atoms with Crippen LogP contribution in [0.3, 0.4) is 0 Å². The third kappa shape index (κ3) is 3.21. The summed E-state index contributed by atoms with van der Waals surface area (Å²) in [5, 5.41) is 25.5. The third-order valence-electron chi connectivity index (χ3n) is 5.35. The van der Waals surface area contributed by atoms with E-state index >= 15 is 0 Å². The van der Waals surface area contributed by atoms with E-state index in [9.17, 15) is 25.0 Å². The van der Waals surface area contributed by atoms with Crippen molar-refractivity contribution >= 4 is 23.5 Å². The van der Waals surface area contributed by atoms with E-state index in [1.165, 1.54) is 18.3 Å². The maximum atomic E-state index is 12.3. The van der Waals surface area contributed by atoms with Gasteiger partial charge in [0.25, 0.3) is 11.4 Å². The van der Waals surface area contributed by atoms with Gasteiger partial charge in [-0.05, 0) is 24.2 Å². The number of non-ortho nitro benzene ring substituents is 2. The molecule has 1 amide bonds. The van der Waals surface area contributed by atoms with E-state index in [4.69, 9.17) is 0 Å². The molecule has 3 atom stereocenters. The Morgan fingerprint density at radius 2 is 1.88 bits per heavy atom. The number of nitrogens with zero attached hydrogens (tertiary/aromatic N) is 3. The monoisotopic (exact) mass is 346 g/mol. The quantitative estimate of drug-likeness (QED) is 0.498. The van der Waals surface area contributed by atoms with Gasteiger partial charge in [0.05, 0.1) is 22.1 Å². The fourth-order valence-electron chi connectivity index (χ4n) is 3.99. The Labute approximate surface area is 143 Å². The van der Waals surface area contributed by atoms with Gasteiger partial charge in [-0.1, -0.05) is 19.8 Å². The summed E-state index contributed by atoms with van der Waals surface area (Å²) in [6, 6.07) is 3.22. The van der Waals surface area contributed by atoms with Gasteiger partial charge < -0.3 is 0 Å². The van der Waals surface area contributed by atoms with Crippen molar-refractivity contribution in [3.63, 3.8) is 0 Å². The Morgan fingerprint density at radius 1 is 1.24 bits per heavy atom. The molecule has 0 unspecified atom stereocenters. The molecular weight excluding hydrogens is 328 g/mol. The van der Waals surface area contributed by atoms with E-state index in [1.54, 1.807) is 0 Å². The largest absolute Gasteiger partial charge is 0.276 e. The highest BCUT2D eigenvalue weighted by Gasteiger charge is 2.64. The highest BCUT2D eigenvalue weighted by Crippen LogP contribution is 2.66. The Morgan fingerprint density at radius 3 is 2.40 bits per heavy atom. The second-order valence-electron chi connectivity index (χ2n) is 6.87. The number of hydrazone groups is 1. The van der Waals surface area contributed by atoms with Gasteiger partial charge in [-0.15, -0.1) is 0 Å². The lowest BCUT2D eigenvalue weighted by atomic mass is 9.90. The van der Waals surface area contributed by atoms with Crippen LogP contribution in [0.4, 0.5) is 11.4 Å². The van der Waals surface area contributed by atoms with Crippen LogP contribution in [0.1, 0.15) is 38.2 Å². The van der Waals surface area contributed by atoms with Gasteiger partial charge in [0.15, 0.2) is 0 Å². The molecule has 9 heteroatoms. The molecule has 1 N–H and O–H groups in total. The summed E-state index contributed by atoms with van der Waals surface area (Å²) < 4.78 is 0. The Hall–Kier alpha value is -2.84. The van der Waals surface area contributed by atoms with Crippen LogP contribution in [0.25, 0.3) is 0 Å². The Kier molecular flexibility index (Phi) is 4.23. The standard InChI is InChI=1S/C16H18N4O5/c1-16-5-3-2-4-13(16)14(16)15(21)18-17-9-10-6-11(19(22)23)8-12(7-10)20(24)25/h6-9,13-14H,2-5H2,1H3,(H,18,21)/b17-9-/t13-,14+,16-/m0/s1. The van der Waals surface area contributed by atoms with Crippen LogP contribution in [0.5, 0.6) is 0 Å². The maximum absolute atomic E-state index is 12.3. The SMILES string of the molecule is C[C@]12CCCC[C@H]1[C@@H]2C(=O)N/N=C\c1cc([N+](=O)[O-])cc([N+](=O)[O-])c1. The van der Waals surface area contributed by atoms with Gasteiger partial charge in [0.1, 0.15) is 0 Å². The third-order valence-corrected chi connectivity index (χ3v) is 5.35. The van der Waals surface area contributed by atoms with Gasteiger partial charge in [-0.25, -0.2) is 5.43 Å². The number of amides is 1. The fourth-order valence-corrected chi connectivity index (χ4v) is 3.99. The molecule has 2 aliphatic rings. The first-order valence-corrected chi connectivity index (χ1v) is 8.10. The van der Waals surface area contributed by atoms with Crippen LogP contribution in [-0.4, -0.2) is 22.0 Å². The van der Waals surface area contributed by atoms with Crippen molar-refractivity contribution in [3.8, 4) is 0 Å². The number of nitro benzene ring substituents is 2. The minimum Gasteiger partial charge on any atom is -0.273 e. The summed E-state index contributed by atoms with van der Waals surface area (Å²) in [6.45, 7) is 2.12. The number of nitro groups is 2. The number of hydrogen-bond donors (Lipinski definition) is 1. The van der Waals surface area contributed by atoms with Crippen LogP contribution in [-0.2, 0) is 4.79 Å². The van der Waals surface area contributed by atoms with Crippen molar-refractivity contribution in [3.05, 3.63) is 44.0 Å². The summed E-state index contributed by atoms with van der Waals surface area (Å²) >= 11 is 0. The molecule has 1 aromatic carbocycles. The minimum atomic E-state index is -0.710. The topological polar surface area (TPSA) is 128 Å². The highest BCUT2D eigenvalue weighted by molar-refractivity contribution is 5.86. The molecule has 3 rings (SSSR count). The first-order chi connectivity index (χ1) is 11.8. The van der Waals surface area contributed by atoms with Gasteiger partial charge in [0, 0.05) is 23.6 Å². The number of carbonyl (C=O) groups excluding carboxylic acids is 1. The van der Waals surface area contributed by atoms with E-state index in [0.29, 0.717) is 5.92 Å². The summed E-state index contributed by atoms with van der Waals surface area (Å²) in [5.41, 5.74) is 1.90. The average Bonchev–Trinajstić information content (AvgIpc) is 3.20. The van der Waals surface area contributed by atoms with E-state index in [-0.39, 0.29) is 22.8 Å². The summed E-state index contributed by atoms with van der Waals surface area (Å²) in [5.74, 6) is 0.188. The number of rotatable bonds is 5. The van der Waals surface area contributed by atoms with Crippen molar-refractivity contribution < 1.29 is 14.6 Å². The predicted octanol–water partition coefficient (Wildman–Crippen LogP) is 2.78. The molecule has 25 heavy (non-hydrogen) atoms. The van der Waals surface area contributed by atoms with Crippen molar-refractivity contribution in [2.24, 2.45) is 22.4 Å². The fraction of sp³-hybridized carbons (Fsp3) is 0.500. The lowest BCUT2D eigenvalue weighted by Crippen LogP contribution is -2.22. The summed E-state index contributed by atoms with van der Waals surface area (Å²) in [6.07, 6.45) is 5.56. The van der Waals surface area contributed by atoms with E-state index < -0.39 is 21.2 Å². The lowest BCUT2D eigenvalue weighted by Gasteiger charge is -2.15. The molecular formula is C16H18N4O5. The molecule has 0 aromatic heterocycles. The first kappa shape index (κ1) is 17.0. The van der Waals surface area contributed by atoms with Crippen molar-refractivity contribution in [1.82, 2.24) is 5.43 Å². The van der Waals surface area contributed by atoms with Crippen LogP contribution in [0.15, 0.2) is 23.3 Å². The average molecular weight is 346 g/mol. The summed E-state index contributed by atoms with van der Waals surface area (Å²) in [7, 11) is 0. The van der Waals surface area contributed by atoms with Crippen LogP contribution in [0.2, 0.25) is 0 Å². The zero-order valence-electron chi connectivity index (χ0n) is 13.7. The molecule has 0 radical (unpaired) electrons. The maximum Gasteiger partial charge on any atom is 0.276 e. The zero-order chi connectivity index (χ0) is 18.2.